The van der Waals surface area contributed by atoms with Crippen molar-refractivity contribution in [2.24, 2.45) is 11.8 Å². The number of hydrogen-bond donors (Lipinski definition) is 1. The first kappa shape index (κ1) is 17.2. The minimum atomic E-state index is -0.0926. The van der Waals surface area contributed by atoms with Gasteiger partial charge in [0.05, 0.1) is 6.26 Å². The molecule has 2 aromatic rings. The van der Waals surface area contributed by atoms with Crippen LogP contribution in [-0.2, 0) is 0 Å². The molecule has 1 aliphatic rings. The van der Waals surface area contributed by atoms with E-state index < -0.39 is 0 Å². The zero-order chi connectivity index (χ0) is 16.9. The Morgan fingerprint density at radius 3 is 3.17 bits per heavy atom. The molecule has 0 bridgehead atoms. The Labute approximate surface area is 147 Å². The Morgan fingerprint density at radius 2 is 2.42 bits per heavy atom. The van der Waals surface area contributed by atoms with Crippen molar-refractivity contribution in [1.29, 1.82) is 0 Å². The van der Waals surface area contributed by atoms with Gasteiger partial charge in [-0.25, -0.2) is 4.98 Å². The number of amides is 1. The number of nitrogens with zero attached hydrogens (tertiary/aromatic N) is 2. The van der Waals surface area contributed by atoms with Crippen molar-refractivity contribution < 1.29 is 9.21 Å². The predicted octanol–water partition coefficient (Wildman–Crippen LogP) is 3.50. The lowest BCUT2D eigenvalue weighted by molar-refractivity contribution is 0.0925. The summed E-state index contributed by atoms with van der Waals surface area (Å²) in [7, 11) is 0. The van der Waals surface area contributed by atoms with E-state index >= 15 is 0 Å². The lowest BCUT2D eigenvalue weighted by Gasteiger charge is -2.33. The number of hydrogen-bond acceptors (Lipinski definition) is 5. The van der Waals surface area contributed by atoms with Gasteiger partial charge in [-0.05, 0) is 43.4 Å². The molecule has 1 N–H and O–H groups in total. The predicted molar refractivity (Wildman–Crippen MR) is 96.2 cm³/mol. The third-order valence-corrected chi connectivity index (χ3v) is 5.10. The number of furan rings is 1. The Bertz CT molecular complexity index is 651. The molecule has 1 atom stereocenters. The van der Waals surface area contributed by atoms with Crippen LogP contribution in [-0.4, -0.2) is 42.0 Å². The SMILES string of the molecule is CC(C)CN1CCCC(CNC(=O)c2csc(-c3ccco3)n2)C1. The minimum absolute atomic E-state index is 0.0926. The normalized spacial score (nSPS) is 18.9. The lowest BCUT2D eigenvalue weighted by atomic mass is 9.97. The molecule has 0 aliphatic carbocycles. The fraction of sp³-hybridized carbons (Fsp3) is 0.556. The molecule has 6 heteroatoms. The maximum Gasteiger partial charge on any atom is 0.270 e. The average Bonchev–Trinajstić information content (AvgIpc) is 3.23. The summed E-state index contributed by atoms with van der Waals surface area (Å²) in [5.74, 6) is 1.83. The van der Waals surface area contributed by atoms with E-state index in [4.69, 9.17) is 4.42 Å². The largest absolute Gasteiger partial charge is 0.462 e. The van der Waals surface area contributed by atoms with Crippen LogP contribution < -0.4 is 5.32 Å². The summed E-state index contributed by atoms with van der Waals surface area (Å²) in [6.45, 7) is 8.63. The molecular weight excluding hydrogens is 322 g/mol. The van der Waals surface area contributed by atoms with Crippen LogP contribution in [0.1, 0.15) is 37.2 Å². The van der Waals surface area contributed by atoms with Crippen LogP contribution in [0.3, 0.4) is 0 Å². The van der Waals surface area contributed by atoms with E-state index in [-0.39, 0.29) is 5.91 Å². The van der Waals surface area contributed by atoms with Gasteiger partial charge < -0.3 is 14.6 Å². The first-order chi connectivity index (χ1) is 11.6. The standard InChI is InChI=1S/C18H25N3O2S/c1-13(2)10-21-7-3-5-14(11-21)9-19-17(22)15-12-24-18(20-15)16-6-4-8-23-16/h4,6,8,12-14H,3,5,7,9-11H2,1-2H3,(H,19,22). The van der Waals surface area contributed by atoms with Gasteiger partial charge in [0.2, 0.25) is 0 Å². The number of aromatic nitrogens is 1. The van der Waals surface area contributed by atoms with Crippen molar-refractivity contribution in [3.05, 3.63) is 29.5 Å². The van der Waals surface area contributed by atoms with Gasteiger partial charge in [-0.2, -0.15) is 0 Å². The fourth-order valence-electron chi connectivity index (χ4n) is 3.22. The van der Waals surface area contributed by atoms with Gasteiger partial charge in [-0.1, -0.05) is 13.8 Å². The van der Waals surface area contributed by atoms with Crippen molar-refractivity contribution in [2.75, 3.05) is 26.2 Å². The number of rotatable bonds is 6. The first-order valence-corrected chi connectivity index (χ1v) is 9.49. The van der Waals surface area contributed by atoms with Crippen LogP contribution >= 0.6 is 11.3 Å². The second kappa shape index (κ2) is 7.94. The third-order valence-electron chi connectivity index (χ3n) is 4.25. The highest BCUT2D eigenvalue weighted by atomic mass is 32.1. The lowest BCUT2D eigenvalue weighted by Crippen LogP contribution is -2.42. The van der Waals surface area contributed by atoms with Crippen LogP contribution in [0, 0.1) is 11.8 Å². The average molecular weight is 347 g/mol. The summed E-state index contributed by atoms with van der Waals surface area (Å²) in [5.41, 5.74) is 0.473. The van der Waals surface area contributed by atoms with Crippen molar-refractivity contribution in [2.45, 2.75) is 26.7 Å². The van der Waals surface area contributed by atoms with Crippen LogP contribution in [0.15, 0.2) is 28.2 Å². The molecule has 0 saturated carbocycles. The van der Waals surface area contributed by atoms with Gasteiger partial charge in [0, 0.05) is 25.0 Å². The summed E-state index contributed by atoms with van der Waals surface area (Å²) in [6.07, 6.45) is 4.01. The van der Waals surface area contributed by atoms with Crippen LogP contribution in [0.2, 0.25) is 0 Å². The maximum absolute atomic E-state index is 12.3. The van der Waals surface area contributed by atoms with Gasteiger partial charge >= 0.3 is 0 Å². The molecule has 5 nitrogen and oxygen atoms in total. The van der Waals surface area contributed by atoms with Crippen LogP contribution in [0.4, 0.5) is 0 Å². The van der Waals surface area contributed by atoms with Crippen molar-refractivity contribution >= 4 is 17.2 Å². The monoisotopic (exact) mass is 347 g/mol. The minimum Gasteiger partial charge on any atom is -0.462 e. The molecule has 0 spiro atoms. The zero-order valence-corrected chi connectivity index (χ0v) is 15.1. The van der Waals surface area contributed by atoms with Gasteiger partial charge in [-0.3, -0.25) is 4.79 Å². The number of piperidine rings is 1. The molecule has 0 radical (unpaired) electrons. The van der Waals surface area contributed by atoms with Gasteiger partial charge in [0.1, 0.15) is 5.69 Å². The number of nitrogens with one attached hydrogen (secondary N) is 1. The first-order valence-electron chi connectivity index (χ1n) is 8.61. The van der Waals surface area contributed by atoms with E-state index in [1.807, 2.05) is 12.1 Å². The smallest absolute Gasteiger partial charge is 0.270 e. The highest BCUT2D eigenvalue weighted by molar-refractivity contribution is 7.13. The summed E-state index contributed by atoms with van der Waals surface area (Å²) in [5, 5.41) is 5.58. The third kappa shape index (κ3) is 4.45. The van der Waals surface area contributed by atoms with E-state index in [1.54, 1.807) is 11.6 Å². The Hall–Kier alpha value is -1.66. The van der Waals surface area contributed by atoms with Gasteiger partial charge in [0.15, 0.2) is 10.8 Å². The number of carbonyl (C=O) groups is 1. The molecule has 1 saturated heterocycles. The van der Waals surface area contributed by atoms with Crippen LogP contribution in [0.5, 0.6) is 0 Å². The van der Waals surface area contributed by atoms with E-state index in [9.17, 15) is 4.79 Å². The molecule has 1 unspecified atom stereocenters. The topological polar surface area (TPSA) is 58.4 Å². The Kier molecular flexibility index (Phi) is 5.68. The van der Waals surface area contributed by atoms with Crippen molar-refractivity contribution in [3.8, 4) is 10.8 Å². The molecule has 3 heterocycles. The Morgan fingerprint density at radius 1 is 1.54 bits per heavy atom. The number of likely N-dealkylation sites (tertiary alicyclic amines) is 1. The molecule has 3 rings (SSSR count). The zero-order valence-electron chi connectivity index (χ0n) is 14.3. The molecule has 1 fully saturated rings. The highest BCUT2D eigenvalue weighted by Crippen LogP contribution is 2.24. The summed E-state index contributed by atoms with van der Waals surface area (Å²) in [4.78, 5) is 19.2. The van der Waals surface area contributed by atoms with Crippen molar-refractivity contribution in [1.82, 2.24) is 15.2 Å². The van der Waals surface area contributed by atoms with Crippen molar-refractivity contribution in [3.63, 3.8) is 0 Å². The summed E-state index contributed by atoms with van der Waals surface area (Å²) in [6, 6.07) is 3.67. The number of thiazole rings is 1. The summed E-state index contributed by atoms with van der Waals surface area (Å²) >= 11 is 1.43. The molecule has 1 aliphatic heterocycles. The second-order valence-electron chi connectivity index (χ2n) is 6.89. The fourth-order valence-corrected chi connectivity index (χ4v) is 3.99. The summed E-state index contributed by atoms with van der Waals surface area (Å²) < 4.78 is 5.32. The van der Waals surface area contributed by atoms with E-state index in [0.717, 1.165) is 24.6 Å². The maximum atomic E-state index is 12.3. The molecule has 1 amide bonds. The highest BCUT2D eigenvalue weighted by Gasteiger charge is 2.21. The van der Waals surface area contributed by atoms with Gasteiger partial charge in [0.25, 0.3) is 5.91 Å². The van der Waals surface area contributed by atoms with E-state index in [0.29, 0.717) is 23.3 Å². The van der Waals surface area contributed by atoms with E-state index in [1.165, 1.54) is 30.7 Å². The van der Waals surface area contributed by atoms with E-state index in [2.05, 4.69) is 29.0 Å². The molecule has 24 heavy (non-hydrogen) atoms. The van der Waals surface area contributed by atoms with Crippen LogP contribution in [0.25, 0.3) is 10.8 Å². The number of carbonyl (C=O) groups excluding carboxylic acids is 1. The molecular formula is C18H25N3O2S. The molecule has 2 aromatic heterocycles. The molecule has 130 valence electrons. The quantitative estimate of drug-likeness (QED) is 0.869. The molecule has 0 aromatic carbocycles. The Balaban J connectivity index is 1.50. The second-order valence-corrected chi connectivity index (χ2v) is 7.75. The van der Waals surface area contributed by atoms with Gasteiger partial charge in [-0.15, -0.1) is 11.3 Å².